The molecule has 0 spiro atoms. The third kappa shape index (κ3) is 4.48. The Hall–Kier alpha value is -3.80. The van der Waals surface area contributed by atoms with Gasteiger partial charge in [0.25, 0.3) is 0 Å². The first-order chi connectivity index (χ1) is 16.6. The molecule has 6 heteroatoms. The number of benzene rings is 2. The van der Waals surface area contributed by atoms with E-state index < -0.39 is 17.4 Å². The summed E-state index contributed by atoms with van der Waals surface area (Å²) in [4.78, 5) is 34.4. The van der Waals surface area contributed by atoms with Crippen LogP contribution >= 0.6 is 0 Å². The molecule has 1 heterocycles. The van der Waals surface area contributed by atoms with Gasteiger partial charge in [0.1, 0.15) is 0 Å². The van der Waals surface area contributed by atoms with Crippen molar-refractivity contribution in [3.05, 3.63) is 83.1 Å². The van der Waals surface area contributed by atoms with Gasteiger partial charge in [-0.2, -0.15) is 0 Å². The van der Waals surface area contributed by atoms with Gasteiger partial charge < -0.3 is 9.47 Å². The highest BCUT2D eigenvalue weighted by molar-refractivity contribution is 5.88. The second-order valence-electron chi connectivity index (χ2n) is 9.31. The third-order valence-electron chi connectivity index (χ3n) is 6.65. The Labute approximate surface area is 205 Å². The van der Waals surface area contributed by atoms with Crippen molar-refractivity contribution in [1.82, 2.24) is 9.97 Å². The zero-order valence-electron chi connectivity index (χ0n) is 20.7. The minimum atomic E-state index is -0.642. The molecule has 1 aromatic heterocycles. The summed E-state index contributed by atoms with van der Waals surface area (Å²) in [6.07, 6.45) is 0.928. The minimum Gasteiger partial charge on any atom is -0.462 e. The highest BCUT2D eigenvalue weighted by atomic mass is 16.5. The number of nitrogens with zero attached hydrogens (tertiary/aromatic N) is 2. The molecule has 0 N–H and O–H groups in total. The molecule has 0 radical (unpaired) electrons. The monoisotopic (exact) mass is 470 g/mol. The number of hydrogen-bond acceptors (Lipinski definition) is 6. The first-order valence-electron chi connectivity index (χ1n) is 11.7. The number of hydrogen-bond donors (Lipinski definition) is 0. The molecule has 0 saturated carbocycles. The average molecular weight is 471 g/mol. The highest BCUT2D eigenvalue weighted by Gasteiger charge is 2.45. The van der Waals surface area contributed by atoms with Crippen LogP contribution in [0.25, 0.3) is 22.3 Å². The van der Waals surface area contributed by atoms with Gasteiger partial charge in [-0.3, -0.25) is 0 Å². The molecule has 0 unspecified atom stereocenters. The molecule has 6 nitrogen and oxygen atoms in total. The van der Waals surface area contributed by atoms with Crippen LogP contribution in [-0.2, 0) is 24.5 Å². The summed E-state index contributed by atoms with van der Waals surface area (Å²) in [5.41, 5.74) is 7.64. The quantitative estimate of drug-likeness (QED) is 0.318. The molecule has 2 aromatic carbocycles. The van der Waals surface area contributed by atoms with Crippen molar-refractivity contribution in [3.63, 3.8) is 0 Å². The summed E-state index contributed by atoms with van der Waals surface area (Å²) in [6.45, 7) is 15.0. The summed E-state index contributed by atoms with van der Waals surface area (Å²) in [5.74, 6) is -0.868. The zero-order chi connectivity index (χ0) is 25.3. The number of ether oxygens (including phenoxy) is 2. The Morgan fingerprint density at radius 3 is 1.91 bits per heavy atom. The molecular weight excluding hydrogens is 440 g/mol. The minimum absolute atomic E-state index is 0.167. The van der Waals surface area contributed by atoms with Gasteiger partial charge in [0.05, 0.1) is 35.6 Å². The van der Waals surface area contributed by atoms with Gasteiger partial charge in [-0.1, -0.05) is 37.4 Å². The molecular formula is C29H30N2O4. The van der Waals surface area contributed by atoms with Gasteiger partial charge in [0.15, 0.2) is 0 Å². The fraction of sp³-hybridized carbons (Fsp3) is 0.310. The lowest BCUT2D eigenvalue weighted by Crippen LogP contribution is -2.31. The fourth-order valence-electron chi connectivity index (χ4n) is 4.58. The smallest absolute Gasteiger partial charge is 0.333 e. The van der Waals surface area contributed by atoms with Crippen LogP contribution in [0.1, 0.15) is 49.1 Å². The van der Waals surface area contributed by atoms with E-state index in [-0.39, 0.29) is 13.2 Å². The number of esters is 2. The van der Waals surface area contributed by atoms with Crippen molar-refractivity contribution >= 4 is 23.0 Å². The molecule has 1 aliphatic carbocycles. The van der Waals surface area contributed by atoms with E-state index in [0.717, 1.165) is 44.7 Å². The van der Waals surface area contributed by atoms with Gasteiger partial charge >= 0.3 is 11.9 Å². The number of aryl methyl sites for hydroxylation is 2. The number of carbonyl (C=O) groups is 2. The highest BCUT2D eigenvalue weighted by Crippen LogP contribution is 2.51. The lowest BCUT2D eigenvalue weighted by atomic mass is 9.75. The second kappa shape index (κ2) is 9.45. The summed E-state index contributed by atoms with van der Waals surface area (Å²) in [7, 11) is 0. The fourth-order valence-corrected chi connectivity index (χ4v) is 4.58. The van der Waals surface area contributed by atoms with Gasteiger partial charge in [-0.25, -0.2) is 19.6 Å². The Bertz CT molecular complexity index is 1340. The largest absolute Gasteiger partial charge is 0.462 e. The lowest BCUT2D eigenvalue weighted by Gasteiger charge is -2.31. The van der Waals surface area contributed by atoms with E-state index in [9.17, 15) is 9.59 Å². The van der Waals surface area contributed by atoms with E-state index in [1.54, 1.807) is 13.8 Å². The maximum Gasteiger partial charge on any atom is 0.333 e. The first kappa shape index (κ1) is 24.3. The normalized spacial score (nSPS) is 13.1. The van der Waals surface area contributed by atoms with Crippen LogP contribution < -0.4 is 0 Å². The van der Waals surface area contributed by atoms with Crippen molar-refractivity contribution in [3.8, 4) is 11.3 Å². The van der Waals surface area contributed by atoms with E-state index in [1.807, 2.05) is 24.3 Å². The van der Waals surface area contributed by atoms with Crippen LogP contribution in [0.15, 0.2) is 60.7 Å². The Morgan fingerprint density at radius 1 is 0.857 bits per heavy atom. The Kier molecular flexibility index (Phi) is 6.57. The number of carbonyl (C=O) groups excluding carboxylic acids is 2. The van der Waals surface area contributed by atoms with Crippen LogP contribution in [0, 0.1) is 13.8 Å². The van der Waals surface area contributed by atoms with Crippen LogP contribution in [0.3, 0.4) is 0 Å². The molecule has 3 aromatic rings. The SMILES string of the molecule is C=C(C)C(=O)OCCC1(CCOC(=O)C(=C)C)c2ccccc2-c2nc3cc(C)c(C)cc3nc21. The topological polar surface area (TPSA) is 78.4 Å². The molecule has 0 aliphatic heterocycles. The van der Waals surface area contributed by atoms with E-state index >= 15 is 0 Å². The van der Waals surface area contributed by atoms with Gasteiger partial charge in [0.2, 0.25) is 0 Å². The summed E-state index contributed by atoms with van der Waals surface area (Å²) >= 11 is 0. The zero-order valence-corrected chi connectivity index (χ0v) is 20.7. The molecule has 4 rings (SSSR count). The molecule has 0 bridgehead atoms. The third-order valence-corrected chi connectivity index (χ3v) is 6.65. The van der Waals surface area contributed by atoms with E-state index in [2.05, 4.69) is 39.1 Å². The van der Waals surface area contributed by atoms with Crippen molar-refractivity contribution in [1.29, 1.82) is 0 Å². The van der Waals surface area contributed by atoms with E-state index in [4.69, 9.17) is 19.4 Å². The molecule has 0 saturated heterocycles. The summed E-state index contributed by atoms with van der Waals surface area (Å²) < 4.78 is 11.0. The molecule has 0 atom stereocenters. The molecule has 0 amide bonds. The number of rotatable bonds is 8. The van der Waals surface area contributed by atoms with Crippen molar-refractivity contribution in [2.75, 3.05) is 13.2 Å². The predicted octanol–water partition coefficient (Wildman–Crippen LogP) is 5.53. The summed E-state index contributed by atoms with van der Waals surface area (Å²) in [6, 6.07) is 12.2. The van der Waals surface area contributed by atoms with Crippen molar-refractivity contribution in [2.45, 2.75) is 46.0 Å². The molecule has 1 aliphatic rings. The first-order valence-corrected chi connectivity index (χ1v) is 11.7. The summed E-state index contributed by atoms with van der Waals surface area (Å²) in [5, 5.41) is 0. The Balaban J connectivity index is 1.83. The molecule has 0 fully saturated rings. The standard InChI is InChI=1S/C29H30N2O4/c1-17(2)27(32)34-13-11-29(12-14-35-28(33)18(3)4)22-10-8-7-9-21(22)25-26(29)31-24-16-20(6)19(5)15-23(24)30-25/h7-10,15-16H,1,3,11-14H2,2,4-6H3. The maximum atomic E-state index is 12.1. The maximum absolute atomic E-state index is 12.1. The van der Waals surface area contributed by atoms with Gasteiger partial charge in [-0.05, 0) is 69.4 Å². The van der Waals surface area contributed by atoms with Crippen LogP contribution in [0.5, 0.6) is 0 Å². The molecule has 35 heavy (non-hydrogen) atoms. The van der Waals surface area contributed by atoms with Crippen molar-refractivity contribution < 1.29 is 19.1 Å². The second-order valence-corrected chi connectivity index (χ2v) is 9.31. The molecule has 180 valence electrons. The van der Waals surface area contributed by atoms with Crippen LogP contribution in [-0.4, -0.2) is 35.1 Å². The van der Waals surface area contributed by atoms with Gasteiger partial charge in [0, 0.05) is 22.1 Å². The van der Waals surface area contributed by atoms with E-state index in [1.165, 1.54) is 0 Å². The van der Waals surface area contributed by atoms with Crippen molar-refractivity contribution in [2.24, 2.45) is 0 Å². The lowest BCUT2D eigenvalue weighted by molar-refractivity contribution is -0.139. The Morgan fingerprint density at radius 2 is 1.37 bits per heavy atom. The predicted molar refractivity (Wildman–Crippen MR) is 136 cm³/mol. The van der Waals surface area contributed by atoms with E-state index in [0.29, 0.717) is 24.0 Å². The van der Waals surface area contributed by atoms with Crippen LogP contribution in [0.2, 0.25) is 0 Å². The van der Waals surface area contributed by atoms with Crippen LogP contribution in [0.4, 0.5) is 0 Å². The van der Waals surface area contributed by atoms with Gasteiger partial charge in [-0.15, -0.1) is 0 Å². The number of aromatic nitrogens is 2. The average Bonchev–Trinajstić information content (AvgIpc) is 3.07. The number of fused-ring (bicyclic) bond motifs is 4.